The Morgan fingerprint density at radius 3 is 2.95 bits per heavy atom. The number of carbonyl (C=O) groups excluding carboxylic acids is 1. The van der Waals surface area contributed by atoms with E-state index in [1.807, 2.05) is 6.92 Å². The number of rotatable bonds is 5. The lowest BCUT2D eigenvalue weighted by atomic mass is 10.2. The van der Waals surface area contributed by atoms with Crippen molar-refractivity contribution in [2.45, 2.75) is 29.8 Å². The fourth-order valence-electron chi connectivity index (χ4n) is 1.74. The first-order valence-corrected chi connectivity index (χ1v) is 6.97. The molecule has 0 fully saturated rings. The minimum atomic E-state index is -0.586. The van der Waals surface area contributed by atoms with Crippen LogP contribution < -0.4 is 5.56 Å². The first kappa shape index (κ1) is 14.5. The summed E-state index contributed by atoms with van der Waals surface area (Å²) in [6, 6.07) is 5.79. The van der Waals surface area contributed by atoms with Gasteiger partial charge < -0.3 is 4.98 Å². The molecule has 4 nitrogen and oxygen atoms in total. The van der Waals surface area contributed by atoms with Gasteiger partial charge in [-0.05, 0) is 18.6 Å². The average molecular weight is 292 g/mol. The van der Waals surface area contributed by atoms with E-state index in [0.717, 1.165) is 18.2 Å². The highest BCUT2D eigenvalue weighted by atomic mass is 32.2. The van der Waals surface area contributed by atoms with Gasteiger partial charge in [-0.25, -0.2) is 9.37 Å². The Labute approximate surface area is 119 Å². The Kier molecular flexibility index (Phi) is 4.68. The number of nitrogens with one attached hydrogen (secondary N) is 1. The van der Waals surface area contributed by atoms with Gasteiger partial charge in [0.15, 0.2) is 11.4 Å². The molecule has 0 unspecified atom stereocenters. The summed E-state index contributed by atoms with van der Waals surface area (Å²) < 4.78 is 13.5. The number of aromatic amines is 1. The summed E-state index contributed by atoms with van der Waals surface area (Å²) >= 11 is 1.07. The van der Waals surface area contributed by atoms with Crippen molar-refractivity contribution in [3.63, 3.8) is 0 Å². The number of benzene rings is 1. The summed E-state index contributed by atoms with van der Waals surface area (Å²) in [5, 5.41) is 0.356. The number of halogens is 1. The molecule has 0 saturated heterocycles. The highest BCUT2D eigenvalue weighted by Crippen LogP contribution is 2.28. The van der Waals surface area contributed by atoms with E-state index >= 15 is 0 Å². The highest BCUT2D eigenvalue weighted by molar-refractivity contribution is 7.99. The first-order valence-electron chi connectivity index (χ1n) is 6.15. The molecule has 0 aliphatic carbocycles. The number of H-pyrrole nitrogens is 1. The maximum absolute atomic E-state index is 13.5. The lowest BCUT2D eigenvalue weighted by Crippen LogP contribution is -2.10. The quantitative estimate of drug-likeness (QED) is 0.680. The smallest absolute Gasteiger partial charge is 0.251 e. The van der Waals surface area contributed by atoms with Crippen LogP contribution in [0.25, 0.3) is 0 Å². The minimum Gasteiger partial charge on any atom is -0.301 e. The Morgan fingerprint density at radius 1 is 1.45 bits per heavy atom. The molecule has 20 heavy (non-hydrogen) atoms. The fourth-order valence-corrected chi connectivity index (χ4v) is 2.67. The highest BCUT2D eigenvalue weighted by Gasteiger charge is 2.10. The standard InChI is InChI=1S/C14H13FN2O2S/c1-2-4-9-7-13(19)17-14(16-9)20-12-6-3-5-11(15)10(12)8-18/h3,5-8H,2,4H2,1H3,(H,16,17,19). The Bertz CT molecular complexity index is 685. The second kappa shape index (κ2) is 6.47. The van der Waals surface area contributed by atoms with Crippen molar-refractivity contribution in [1.29, 1.82) is 0 Å². The van der Waals surface area contributed by atoms with Gasteiger partial charge in [0.05, 0.1) is 5.56 Å². The third-order valence-corrected chi connectivity index (χ3v) is 3.58. The molecule has 0 spiro atoms. The molecule has 0 atom stereocenters. The SMILES string of the molecule is CCCc1cc(=O)[nH]c(Sc2cccc(F)c2C=O)n1. The molecule has 0 saturated carbocycles. The topological polar surface area (TPSA) is 62.8 Å². The predicted molar refractivity (Wildman–Crippen MR) is 74.8 cm³/mol. The monoisotopic (exact) mass is 292 g/mol. The number of hydrogen-bond donors (Lipinski definition) is 1. The van der Waals surface area contributed by atoms with Crippen molar-refractivity contribution in [1.82, 2.24) is 9.97 Å². The van der Waals surface area contributed by atoms with Crippen LogP contribution in [0.1, 0.15) is 29.4 Å². The molecule has 0 aliphatic rings. The van der Waals surface area contributed by atoms with Gasteiger partial charge >= 0.3 is 0 Å². The number of hydrogen-bond acceptors (Lipinski definition) is 4. The van der Waals surface area contributed by atoms with E-state index in [9.17, 15) is 14.0 Å². The normalized spacial score (nSPS) is 10.5. The maximum atomic E-state index is 13.5. The molecule has 1 aromatic carbocycles. The number of nitrogens with zero attached hydrogens (tertiary/aromatic N) is 1. The Balaban J connectivity index is 2.37. The zero-order valence-electron chi connectivity index (χ0n) is 10.9. The third-order valence-electron chi connectivity index (χ3n) is 2.62. The van der Waals surface area contributed by atoms with Gasteiger partial charge in [0.25, 0.3) is 5.56 Å². The molecule has 0 aliphatic heterocycles. The van der Waals surface area contributed by atoms with E-state index < -0.39 is 5.82 Å². The third kappa shape index (κ3) is 3.33. The van der Waals surface area contributed by atoms with Crippen molar-refractivity contribution in [2.24, 2.45) is 0 Å². The molecule has 0 amide bonds. The van der Waals surface area contributed by atoms with E-state index in [1.165, 1.54) is 18.2 Å². The van der Waals surface area contributed by atoms with Crippen LogP contribution >= 0.6 is 11.8 Å². The number of aldehydes is 1. The van der Waals surface area contributed by atoms with Crippen molar-refractivity contribution >= 4 is 18.0 Å². The van der Waals surface area contributed by atoms with Crippen LogP contribution in [0.4, 0.5) is 4.39 Å². The minimum absolute atomic E-state index is 0.0268. The van der Waals surface area contributed by atoms with Crippen LogP contribution in [0.15, 0.2) is 39.1 Å². The summed E-state index contributed by atoms with van der Waals surface area (Å²) in [4.78, 5) is 29.8. The number of aryl methyl sites for hydroxylation is 1. The van der Waals surface area contributed by atoms with Crippen molar-refractivity contribution in [2.75, 3.05) is 0 Å². The molecule has 104 valence electrons. The molecule has 1 aromatic heterocycles. The molecular formula is C14H13FN2O2S. The molecule has 1 heterocycles. The lowest BCUT2D eigenvalue weighted by Gasteiger charge is -2.06. The van der Waals surface area contributed by atoms with Crippen LogP contribution in [-0.4, -0.2) is 16.3 Å². The molecule has 6 heteroatoms. The molecule has 2 rings (SSSR count). The van der Waals surface area contributed by atoms with E-state index in [-0.39, 0.29) is 11.1 Å². The second-order valence-electron chi connectivity index (χ2n) is 4.16. The van der Waals surface area contributed by atoms with Crippen molar-refractivity contribution < 1.29 is 9.18 Å². The van der Waals surface area contributed by atoms with Gasteiger partial charge in [-0.2, -0.15) is 0 Å². The lowest BCUT2D eigenvalue weighted by molar-refractivity contribution is 0.111. The summed E-state index contributed by atoms with van der Waals surface area (Å²) in [6.45, 7) is 1.99. The van der Waals surface area contributed by atoms with Crippen molar-refractivity contribution in [3.05, 3.63) is 51.7 Å². The van der Waals surface area contributed by atoms with Crippen molar-refractivity contribution in [3.8, 4) is 0 Å². The van der Waals surface area contributed by atoms with Crippen LogP contribution in [0, 0.1) is 5.82 Å². The summed E-state index contributed by atoms with van der Waals surface area (Å²) in [6.07, 6.45) is 2.03. The van der Waals surface area contributed by atoms with Gasteiger partial charge in [-0.3, -0.25) is 9.59 Å². The van der Waals surface area contributed by atoms with Crippen LogP contribution in [0.3, 0.4) is 0 Å². The summed E-state index contributed by atoms with van der Waals surface area (Å²) in [5.74, 6) is -0.586. The fraction of sp³-hybridized carbons (Fsp3) is 0.214. The van der Waals surface area contributed by atoms with Gasteiger partial charge in [-0.15, -0.1) is 0 Å². The largest absolute Gasteiger partial charge is 0.301 e. The molecule has 0 radical (unpaired) electrons. The van der Waals surface area contributed by atoms with Gasteiger partial charge in [-0.1, -0.05) is 31.2 Å². The summed E-state index contributed by atoms with van der Waals surface area (Å²) in [7, 11) is 0. The molecular weight excluding hydrogens is 279 g/mol. The summed E-state index contributed by atoms with van der Waals surface area (Å²) in [5.41, 5.74) is 0.402. The number of aromatic nitrogens is 2. The van der Waals surface area contributed by atoms with Gasteiger partial charge in [0, 0.05) is 16.7 Å². The van der Waals surface area contributed by atoms with E-state index in [0.29, 0.717) is 28.5 Å². The molecule has 1 N–H and O–H groups in total. The zero-order valence-corrected chi connectivity index (χ0v) is 11.7. The van der Waals surface area contributed by atoms with Gasteiger partial charge in [0.2, 0.25) is 0 Å². The molecule has 2 aromatic rings. The molecule has 0 bridgehead atoms. The average Bonchev–Trinajstić information content (AvgIpc) is 2.38. The van der Waals surface area contributed by atoms with E-state index in [1.54, 1.807) is 6.07 Å². The van der Waals surface area contributed by atoms with Crippen LogP contribution in [0.2, 0.25) is 0 Å². The van der Waals surface area contributed by atoms with E-state index in [2.05, 4.69) is 9.97 Å². The van der Waals surface area contributed by atoms with E-state index in [4.69, 9.17) is 0 Å². The predicted octanol–water partition coefficient (Wildman–Crippen LogP) is 2.83. The zero-order chi connectivity index (χ0) is 14.5. The Morgan fingerprint density at radius 2 is 2.25 bits per heavy atom. The second-order valence-corrected chi connectivity index (χ2v) is 5.19. The van der Waals surface area contributed by atoms with Gasteiger partial charge in [0.1, 0.15) is 5.82 Å². The maximum Gasteiger partial charge on any atom is 0.251 e. The Hall–Kier alpha value is -1.95. The van der Waals surface area contributed by atoms with Crippen LogP contribution in [-0.2, 0) is 6.42 Å². The van der Waals surface area contributed by atoms with Crippen LogP contribution in [0.5, 0.6) is 0 Å². The number of carbonyl (C=O) groups is 1. The first-order chi connectivity index (χ1) is 9.63.